The van der Waals surface area contributed by atoms with Gasteiger partial charge in [0.05, 0.1) is 0 Å². The van der Waals surface area contributed by atoms with Crippen LogP contribution in [-0.4, -0.2) is 17.0 Å². The number of nitrogens with zero attached hydrogens (tertiary/aromatic N) is 1. The number of carbonyl (C=O) groups excluding carboxylic acids is 2. The zero-order chi connectivity index (χ0) is 22.3. The molecule has 3 N–H and O–H groups in total. The Morgan fingerprint density at radius 2 is 1.41 bits per heavy atom. The topological polar surface area (TPSA) is 94.3 Å². The number of rotatable bonds is 6. The van der Waals surface area contributed by atoms with Crippen LogP contribution in [0.25, 0.3) is 22.3 Å². The molecule has 1 heterocycles. The second-order valence-corrected chi connectivity index (χ2v) is 7.15. The van der Waals surface area contributed by atoms with Crippen LogP contribution in [0.4, 0.5) is 4.79 Å². The number of ether oxygens (including phenoxy) is 1. The van der Waals surface area contributed by atoms with Crippen molar-refractivity contribution in [3.63, 3.8) is 0 Å². The Kier molecular flexibility index (Phi) is 6.22. The summed E-state index contributed by atoms with van der Waals surface area (Å²) in [6.45, 7) is 0.349. The van der Waals surface area contributed by atoms with Crippen LogP contribution in [-0.2, 0) is 6.54 Å². The van der Waals surface area contributed by atoms with E-state index >= 15 is 0 Å². The highest BCUT2D eigenvalue weighted by Crippen LogP contribution is 2.23. The summed E-state index contributed by atoms with van der Waals surface area (Å²) in [6, 6.07) is 26.0. The fraction of sp³-hybridized carbons (Fsp3) is 0.0385. The van der Waals surface area contributed by atoms with Crippen molar-refractivity contribution in [1.82, 2.24) is 10.3 Å². The molecule has 4 rings (SSSR count). The lowest BCUT2D eigenvalue weighted by atomic mass is 10.0. The molecule has 0 aliphatic rings. The molecular weight excluding hydrogens is 402 g/mol. The van der Waals surface area contributed by atoms with Gasteiger partial charge in [-0.15, -0.1) is 0 Å². The Bertz CT molecular complexity index is 1220. The molecule has 0 atom stereocenters. The Morgan fingerprint density at radius 1 is 0.781 bits per heavy atom. The molecule has 1 aromatic heterocycles. The van der Waals surface area contributed by atoms with Gasteiger partial charge in [-0.3, -0.25) is 9.78 Å². The zero-order valence-corrected chi connectivity index (χ0v) is 17.2. The first kappa shape index (κ1) is 20.8. The average Bonchev–Trinajstić information content (AvgIpc) is 2.84. The van der Waals surface area contributed by atoms with E-state index in [-0.39, 0.29) is 0 Å². The van der Waals surface area contributed by atoms with Gasteiger partial charge in [-0.1, -0.05) is 42.5 Å². The number of nitrogens with two attached hydrogens (primary N) is 1. The quantitative estimate of drug-likeness (QED) is 0.466. The lowest BCUT2D eigenvalue weighted by Gasteiger charge is -2.09. The van der Waals surface area contributed by atoms with Crippen LogP contribution in [0.5, 0.6) is 5.75 Å². The number of hydrogen-bond donors (Lipinski definition) is 2. The van der Waals surface area contributed by atoms with Crippen LogP contribution in [0, 0.1) is 0 Å². The van der Waals surface area contributed by atoms with Crippen LogP contribution < -0.4 is 15.8 Å². The molecule has 6 heteroatoms. The summed E-state index contributed by atoms with van der Waals surface area (Å²) >= 11 is 0. The summed E-state index contributed by atoms with van der Waals surface area (Å²) in [5.41, 5.74) is 10.7. The maximum atomic E-state index is 12.2. The average molecular weight is 423 g/mol. The maximum Gasteiger partial charge on any atom is 0.412 e. The van der Waals surface area contributed by atoms with Gasteiger partial charge in [0.15, 0.2) is 0 Å². The predicted octanol–water partition coefficient (Wildman–Crippen LogP) is 4.80. The van der Waals surface area contributed by atoms with E-state index in [9.17, 15) is 9.59 Å². The summed E-state index contributed by atoms with van der Waals surface area (Å²) in [5, 5.41) is 2.77. The van der Waals surface area contributed by atoms with E-state index in [1.807, 2.05) is 60.7 Å². The fourth-order valence-electron chi connectivity index (χ4n) is 3.26. The fourth-order valence-corrected chi connectivity index (χ4v) is 3.26. The van der Waals surface area contributed by atoms with Gasteiger partial charge in [0.2, 0.25) is 5.91 Å². The maximum absolute atomic E-state index is 12.2. The zero-order valence-electron chi connectivity index (χ0n) is 17.2. The number of carbonyl (C=O) groups is 2. The molecule has 0 unspecified atom stereocenters. The highest BCUT2D eigenvalue weighted by atomic mass is 16.6. The van der Waals surface area contributed by atoms with Crippen molar-refractivity contribution in [2.24, 2.45) is 5.73 Å². The first-order valence-electron chi connectivity index (χ1n) is 10.0. The predicted molar refractivity (Wildman–Crippen MR) is 123 cm³/mol. The lowest BCUT2D eigenvalue weighted by molar-refractivity contribution is 0.1000. The van der Waals surface area contributed by atoms with Crippen LogP contribution in [0.2, 0.25) is 0 Å². The van der Waals surface area contributed by atoms with E-state index in [1.165, 1.54) is 0 Å². The Hall–Kier alpha value is -4.45. The first-order valence-corrected chi connectivity index (χ1v) is 10.0. The van der Waals surface area contributed by atoms with E-state index < -0.39 is 12.0 Å². The number of nitrogens with one attached hydrogen (secondary N) is 1. The second-order valence-electron chi connectivity index (χ2n) is 7.15. The molecule has 4 aromatic rings. The van der Waals surface area contributed by atoms with Gasteiger partial charge < -0.3 is 15.8 Å². The van der Waals surface area contributed by atoms with Crippen molar-refractivity contribution in [2.75, 3.05) is 0 Å². The van der Waals surface area contributed by atoms with Gasteiger partial charge in [-0.05, 0) is 70.3 Å². The number of amides is 2. The molecule has 158 valence electrons. The standard InChI is InChI=1S/C26H21N3O3/c27-25(30)22-6-4-19(5-7-22)20-8-10-24(11-9-20)32-26(31)29-17-18-2-1-3-23(16-18)21-12-14-28-15-13-21/h1-16H,17H2,(H2,27,30)(H,29,31). The van der Waals surface area contributed by atoms with Crippen LogP contribution >= 0.6 is 0 Å². The highest BCUT2D eigenvalue weighted by molar-refractivity contribution is 5.93. The molecule has 2 amide bonds. The summed E-state index contributed by atoms with van der Waals surface area (Å²) in [5.74, 6) is -0.0269. The minimum atomic E-state index is -0.530. The van der Waals surface area contributed by atoms with Crippen molar-refractivity contribution >= 4 is 12.0 Å². The van der Waals surface area contributed by atoms with Gasteiger partial charge in [0.25, 0.3) is 0 Å². The van der Waals surface area contributed by atoms with Crippen molar-refractivity contribution in [3.05, 3.63) is 108 Å². The van der Waals surface area contributed by atoms with Crippen molar-refractivity contribution in [2.45, 2.75) is 6.54 Å². The van der Waals surface area contributed by atoms with E-state index in [4.69, 9.17) is 10.5 Å². The normalized spacial score (nSPS) is 10.4. The van der Waals surface area contributed by atoms with Gasteiger partial charge in [-0.2, -0.15) is 0 Å². The van der Waals surface area contributed by atoms with Crippen molar-refractivity contribution < 1.29 is 14.3 Å². The number of pyridine rings is 1. The van der Waals surface area contributed by atoms with E-state index in [2.05, 4.69) is 10.3 Å². The van der Waals surface area contributed by atoms with Crippen molar-refractivity contribution in [1.29, 1.82) is 0 Å². The summed E-state index contributed by atoms with van der Waals surface area (Å²) in [4.78, 5) is 27.4. The number of primary amides is 1. The van der Waals surface area contributed by atoms with Crippen LogP contribution in [0.15, 0.2) is 97.3 Å². The molecule has 0 aliphatic heterocycles. The summed E-state index contributed by atoms with van der Waals surface area (Å²) in [6.07, 6.45) is 2.97. The van der Waals surface area contributed by atoms with Gasteiger partial charge in [0.1, 0.15) is 5.75 Å². The first-order chi connectivity index (χ1) is 15.6. The molecule has 3 aromatic carbocycles. The molecule has 32 heavy (non-hydrogen) atoms. The van der Waals surface area contributed by atoms with E-state index in [0.29, 0.717) is 17.9 Å². The minimum absolute atomic E-state index is 0.349. The lowest BCUT2D eigenvalue weighted by Crippen LogP contribution is -2.26. The molecular formula is C26H21N3O3. The van der Waals surface area contributed by atoms with Gasteiger partial charge in [0, 0.05) is 24.5 Å². The van der Waals surface area contributed by atoms with Crippen molar-refractivity contribution in [3.8, 4) is 28.0 Å². The molecule has 0 saturated heterocycles. The molecule has 0 spiro atoms. The number of hydrogen-bond acceptors (Lipinski definition) is 4. The van der Waals surface area contributed by atoms with Crippen LogP contribution in [0.1, 0.15) is 15.9 Å². The SMILES string of the molecule is NC(=O)c1ccc(-c2ccc(OC(=O)NCc3cccc(-c4ccncc4)c3)cc2)cc1. The molecule has 0 bridgehead atoms. The monoisotopic (exact) mass is 423 g/mol. The third kappa shape index (κ3) is 5.17. The molecule has 0 saturated carbocycles. The number of benzene rings is 3. The molecule has 0 radical (unpaired) electrons. The number of aromatic nitrogens is 1. The third-order valence-electron chi connectivity index (χ3n) is 4.95. The van der Waals surface area contributed by atoms with Crippen LogP contribution in [0.3, 0.4) is 0 Å². The third-order valence-corrected chi connectivity index (χ3v) is 4.95. The summed E-state index contributed by atoms with van der Waals surface area (Å²) < 4.78 is 5.37. The molecule has 0 fully saturated rings. The smallest absolute Gasteiger partial charge is 0.410 e. The molecule has 6 nitrogen and oxygen atoms in total. The van der Waals surface area contributed by atoms with E-state index in [0.717, 1.165) is 27.8 Å². The second kappa shape index (κ2) is 9.57. The Morgan fingerprint density at radius 3 is 2.06 bits per heavy atom. The van der Waals surface area contributed by atoms with Gasteiger partial charge in [-0.25, -0.2) is 4.79 Å². The highest BCUT2D eigenvalue weighted by Gasteiger charge is 2.07. The Balaban J connectivity index is 1.34. The van der Waals surface area contributed by atoms with E-state index in [1.54, 1.807) is 36.7 Å². The largest absolute Gasteiger partial charge is 0.412 e. The Labute approximate surface area is 185 Å². The summed E-state index contributed by atoms with van der Waals surface area (Å²) in [7, 11) is 0. The minimum Gasteiger partial charge on any atom is -0.410 e. The van der Waals surface area contributed by atoms with Gasteiger partial charge >= 0.3 is 6.09 Å². The molecule has 0 aliphatic carbocycles.